The van der Waals surface area contributed by atoms with Gasteiger partial charge in [0.25, 0.3) is 0 Å². The van der Waals surface area contributed by atoms with E-state index in [-0.39, 0.29) is 12.5 Å². The second-order valence-electron chi connectivity index (χ2n) is 8.14. The molecule has 168 valence electrons. The lowest BCUT2D eigenvalue weighted by molar-refractivity contribution is -0.137. The van der Waals surface area contributed by atoms with Gasteiger partial charge >= 0.3 is 6.18 Å². The summed E-state index contributed by atoms with van der Waals surface area (Å²) in [6.45, 7) is 9.42. The number of rotatable bonds is 6. The van der Waals surface area contributed by atoms with Crippen molar-refractivity contribution in [1.29, 1.82) is 0 Å². The Morgan fingerprint density at radius 2 is 1.94 bits per heavy atom. The number of aliphatic hydroxyl groups excluding tert-OH is 1. The van der Waals surface area contributed by atoms with Crippen LogP contribution in [0.25, 0.3) is 11.3 Å². The second-order valence-corrected chi connectivity index (χ2v) is 8.54. The van der Waals surface area contributed by atoms with Gasteiger partial charge in [0.2, 0.25) is 0 Å². The monoisotopic (exact) mass is 461 g/mol. The number of allylic oxidation sites excluding steroid dienone is 2. The van der Waals surface area contributed by atoms with Crippen LogP contribution in [0.1, 0.15) is 28.7 Å². The summed E-state index contributed by atoms with van der Waals surface area (Å²) < 4.78 is 46.3. The third-order valence-electron chi connectivity index (χ3n) is 5.84. The highest BCUT2D eigenvalue weighted by Gasteiger charge is 2.34. The van der Waals surface area contributed by atoms with Crippen molar-refractivity contribution in [2.24, 2.45) is 5.92 Å². The fourth-order valence-corrected chi connectivity index (χ4v) is 4.32. The summed E-state index contributed by atoms with van der Waals surface area (Å²) in [6, 6.07) is 9.07. The summed E-state index contributed by atoms with van der Waals surface area (Å²) >= 11 is 6.30. The molecule has 32 heavy (non-hydrogen) atoms. The van der Waals surface area contributed by atoms with Gasteiger partial charge in [0.15, 0.2) is 5.75 Å². The standard InChI is InChI=1S/C25H23ClF3NO2/c1-15-10-23(32-24-20(15)4-3-5-22(24)26)21-7-6-19(25(27,28)29)12-18(21)11-17-13-30(14-17)16(2)8-9-31/h3-7,10,12,17,31H,1-2,8-9,11,13-14H2. The summed E-state index contributed by atoms with van der Waals surface area (Å²) in [5.41, 5.74) is 2.75. The number of ether oxygens (including phenoxy) is 1. The summed E-state index contributed by atoms with van der Waals surface area (Å²) in [5.74, 6) is 1.06. The molecule has 0 atom stereocenters. The highest BCUT2D eigenvalue weighted by molar-refractivity contribution is 6.32. The molecule has 2 aromatic rings. The van der Waals surface area contributed by atoms with Crippen LogP contribution >= 0.6 is 11.6 Å². The summed E-state index contributed by atoms with van der Waals surface area (Å²) in [6.07, 6.45) is -1.74. The predicted octanol–water partition coefficient (Wildman–Crippen LogP) is 6.18. The summed E-state index contributed by atoms with van der Waals surface area (Å²) in [7, 11) is 0. The number of nitrogens with zero attached hydrogens (tertiary/aromatic N) is 1. The van der Waals surface area contributed by atoms with Crippen molar-refractivity contribution in [1.82, 2.24) is 4.90 Å². The lowest BCUT2D eigenvalue weighted by Crippen LogP contribution is -2.46. The molecule has 1 N–H and O–H groups in total. The molecular formula is C25H23ClF3NO2. The van der Waals surface area contributed by atoms with Crippen LogP contribution in [-0.4, -0.2) is 29.7 Å². The number of hydrogen-bond donors (Lipinski definition) is 1. The number of hydrogen-bond acceptors (Lipinski definition) is 3. The van der Waals surface area contributed by atoms with E-state index in [1.54, 1.807) is 18.2 Å². The van der Waals surface area contributed by atoms with E-state index in [4.69, 9.17) is 21.4 Å². The van der Waals surface area contributed by atoms with Crippen molar-refractivity contribution in [3.63, 3.8) is 0 Å². The zero-order valence-corrected chi connectivity index (χ0v) is 18.1. The van der Waals surface area contributed by atoms with Gasteiger partial charge < -0.3 is 14.7 Å². The third kappa shape index (κ3) is 4.43. The lowest BCUT2D eigenvalue weighted by atomic mass is 9.87. The van der Waals surface area contributed by atoms with Gasteiger partial charge in [-0.15, -0.1) is 0 Å². The first-order valence-electron chi connectivity index (χ1n) is 10.3. The molecule has 4 rings (SSSR count). The van der Waals surface area contributed by atoms with Crippen molar-refractivity contribution in [2.75, 3.05) is 19.7 Å². The van der Waals surface area contributed by atoms with Crippen molar-refractivity contribution >= 4 is 22.9 Å². The highest BCUT2D eigenvalue weighted by atomic mass is 35.5. The van der Waals surface area contributed by atoms with Gasteiger partial charge in [-0.2, -0.15) is 13.2 Å². The zero-order chi connectivity index (χ0) is 23.0. The first kappa shape index (κ1) is 22.5. The predicted molar refractivity (Wildman–Crippen MR) is 120 cm³/mol. The number of likely N-dealkylation sites (tertiary alicyclic amines) is 1. The maximum atomic E-state index is 13.4. The number of aliphatic hydroxyl groups is 1. The first-order valence-corrected chi connectivity index (χ1v) is 10.7. The fraction of sp³-hybridized carbons (Fsp3) is 0.280. The van der Waals surface area contributed by atoms with Crippen LogP contribution in [0.4, 0.5) is 13.2 Å². The molecule has 3 nitrogen and oxygen atoms in total. The molecule has 0 aromatic heterocycles. The van der Waals surface area contributed by atoms with Crippen LogP contribution in [0.3, 0.4) is 0 Å². The number of para-hydroxylation sites is 1. The van der Waals surface area contributed by atoms with E-state index in [0.717, 1.165) is 17.3 Å². The van der Waals surface area contributed by atoms with Crippen molar-refractivity contribution in [3.8, 4) is 5.75 Å². The lowest BCUT2D eigenvalue weighted by Gasteiger charge is -2.42. The van der Waals surface area contributed by atoms with E-state index in [1.807, 2.05) is 11.0 Å². The van der Waals surface area contributed by atoms with E-state index < -0.39 is 11.7 Å². The van der Waals surface area contributed by atoms with Crippen LogP contribution < -0.4 is 4.74 Å². The third-order valence-corrected chi connectivity index (χ3v) is 6.14. The van der Waals surface area contributed by atoms with Crippen molar-refractivity contribution < 1.29 is 23.0 Å². The summed E-state index contributed by atoms with van der Waals surface area (Å²) in [4.78, 5) is 2.04. The number of fused-ring (bicyclic) bond motifs is 1. The number of halogens is 4. The van der Waals surface area contributed by atoms with E-state index in [9.17, 15) is 13.2 Å². The van der Waals surface area contributed by atoms with Crippen LogP contribution in [0.5, 0.6) is 5.75 Å². The smallest absolute Gasteiger partial charge is 0.416 e. The first-order chi connectivity index (χ1) is 15.2. The second kappa shape index (κ2) is 8.68. The van der Waals surface area contributed by atoms with Gasteiger partial charge in [0.05, 0.1) is 10.6 Å². The molecule has 0 radical (unpaired) electrons. The Labute approximate surface area is 190 Å². The molecule has 0 saturated carbocycles. The van der Waals surface area contributed by atoms with Gasteiger partial charge in [-0.05, 0) is 47.8 Å². The zero-order valence-electron chi connectivity index (χ0n) is 17.4. The normalized spacial score (nSPS) is 16.2. The van der Waals surface area contributed by atoms with Gasteiger partial charge in [-0.3, -0.25) is 0 Å². The van der Waals surface area contributed by atoms with Gasteiger partial charge in [-0.1, -0.05) is 43.0 Å². The molecule has 0 unspecified atom stereocenters. The van der Waals surface area contributed by atoms with Crippen molar-refractivity contribution in [2.45, 2.75) is 19.0 Å². The Morgan fingerprint density at radius 3 is 2.62 bits per heavy atom. The molecule has 1 fully saturated rings. The largest absolute Gasteiger partial charge is 0.454 e. The summed E-state index contributed by atoms with van der Waals surface area (Å²) in [5, 5.41) is 9.49. The molecule has 0 amide bonds. The van der Waals surface area contributed by atoms with Crippen LogP contribution in [0.2, 0.25) is 5.02 Å². The maximum Gasteiger partial charge on any atom is 0.416 e. The van der Waals surface area contributed by atoms with E-state index in [2.05, 4.69) is 13.2 Å². The number of alkyl halides is 3. The van der Waals surface area contributed by atoms with E-state index in [1.165, 1.54) is 12.1 Å². The van der Waals surface area contributed by atoms with Crippen LogP contribution in [0.15, 0.2) is 61.3 Å². The van der Waals surface area contributed by atoms with Gasteiger partial charge in [0.1, 0.15) is 5.76 Å². The average molecular weight is 462 g/mol. The quantitative estimate of drug-likeness (QED) is 0.558. The Kier molecular flexibility index (Phi) is 6.10. The minimum atomic E-state index is -4.43. The van der Waals surface area contributed by atoms with Crippen LogP contribution in [-0.2, 0) is 12.6 Å². The maximum absolute atomic E-state index is 13.4. The van der Waals surface area contributed by atoms with Crippen molar-refractivity contribution in [3.05, 3.63) is 88.6 Å². The molecule has 2 aliphatic heterocycles. The average Bonchev–Trinajstić information content (AvgIpc) is 2.70. The molecule has 2 heterocycles. The molecule has 2 aliphatic rings. The topological polar surface area (TPSA) is 32.7 Å². The Balaban J connectivity index is 1.64. The Hall–Kier alpha value is -2.70. The highest BCUT2D eigenvalue weighted by Crippen LogP contribution is 2.42. The van der Waals surface area contributed by atoms with Gasteiger partial charge in [0, 0.05) is 42.9 Å². The minimum absolute atomic E-state index is 0.0250. The Bertz CT molecular complexity index is 1100. The SMILES string of the molecule is C=C1C=C(c2ccc(C(F)(F)F)cc2CC2CN(C(=C)CCO)C2)Oc2c(Cl)cccc21. The Morgan fingerprint density at radius 1 is 1.19 bits per heavy atom. The number of benzene rings is 2. The molecular weight excluding hydrogens is 439 g/mol. The molecule has 0 aliphatic carbocycles. The molecule has 1 saturated heterocycles. The fourth-order valence-electron chi connectivity index (χ4n) is 4.11. The van der Waals surface area contributed by atoms with E-state index in [0.29, 0.717) is 59.2 Å². The van der Waals surface area contributed by atoms with Gasteiger partial charge in [-0.25, -0.2) is 0 Å². The van der Waals surface area contributed by atoms with E-state index >= 15 is 0 Å². The molecule has 0 spiro atoms. The van der Waals surface area contributed by atoms with Crippen LogP contribution in [0, 0.1) is 5.92 Å². The molecule has 2 aromatic carbocycles. The minimum Gasteiger partial charge on any atom is -0.454 e. The molecule has 7 heteroatoms. The molecule has 0 bridgehead atoms.